The van der Waals surface area contributed by atoms with E-state index in [4.69, 9.17) is 0 Å². The Kier molecular flexibility index (Phi) is 7.83. The number of carbonyl (C=O) groups is 1. The van der Waals surface area contributed by atoms with Crippen LogP contribution in [-0.4, -0.2) is 34.0 Å². The molecule has 1 heterocycles. The van der Waals surface area contributed by atoms with Gasteiger partial charge in [-0.3, -0.25) is 4.79 Å². The van der Waals surface area contributed by atoms with Gasteiger partial charge < -0.3 is 10.6 Å². The van der Waals surface area contributed by atoms with Gasteiger partial charge in [0.1, 0.15) is 0 Å². The van der Waals surface area contributed by atoms with Gasteiger partial charge in [0.25, 0.3) is 5.91 Å². The molecule has 0 aliphatic carbocycles. The van der Waals surface area contributed by atoms with Crippen LogP contribution in [0, 0.1) is 5.92 Å². The lowest BCUT2D eigenvalue weighted by Gasteiger charge is -2.22. The molecule has 0 saturated carbocycles. The Bertz CT molecular complexity index is 851. The molecule has 27 heavy (non-hydrogen) atoms. The van der Waals surface area contributed by atoms with Gasteiger partial charge in [-0.15, -0.1) is 12.4 Å². The molecule has 0 radical (unpaired) electrons. The van der Waals surface area contributed by atoms with Gasteiger partial charge in [0.05, 0.1) is 10.6 Å². The molecule has 1 unspecified atom stereocenters. The van der Waals surface area contributed by atoms with Crippen LogP contribution in [0.1, 0.15) is 28.8 Å². The average molecular weight is 409 g/mol. The second kappa shape index (κ2) is 9.88. The number of amides is 1. The molecule has 1 atom stereocenters. The van der Waals surface area contributed by atoms with Gasteiger partial charge in [0.2, 0.25) is 0 Å². The van der Waals surface area contributed by atoms with E-state index in [1.54, 1.807) is 30.3 Å². The van der Waals surface area contributed by atoms with Crippen LogP contribution in [0.4, 0.5) is 0 Å². The molecular formula is C20H25ClN2O3S. The van der Waals surface area contributed by atoms with E-state index in [1.807, 2.05) is 18.2 Å². The normalized spacial score (nSPS) is 17.0. The van der Waals surface area contributed by atoms with Gasteiger partial charge in [0, 0.05) is 12.1 Å². The molecule has 1 saturated heterocycles. The third kappa shape index (κ3) is 6.06. The van der Waals surface area contributed by atoms with Gasteiger partial charge in [0.15, 0.2) is 9.84 Å². The minimum atomic E-state index is -3.49. The van der Waals surface area contributed by atoms with Crippen LogP contribution in [0.25, 0.3) is 0 Å². The molecule has 0 aromatic heterocycles. The van der Waals surface area contributed by atoms with Crippen LogP contribution in [0.2, 0.25) is 0 Å². The summed E-state index contributed by atoms with van der Waals surface area (Å²) in [4.78, 5) is 12.6. The Hall–Kier alpha value is -1.89. The Morgan fingerprint density at radius 3 is 2.59 bits per heavy atom. The van der Waals surface area contributed by atoms with Crippen molar-refractivity contribution in [3.05, 3.63) is 65.7 Å². The predicted octanol–water partition coefficient (Wildman–Crippen LogP) is 2.81. The average Bonchev–Trinajstić information content (AvgIpc) is 2.67. The van der Waals surface area contributed by atoms with Gasteiger partial charge in [-0.2, -0.15) is 0 Å². The van der Waals surface area contributed by atoms with Crippen molar-refractivity contribution in [3.8, 4) is 0 Å². The molecule has 7 heteroatoms. The summed E-state index contributed by atoms with van der Waals surface area (Å²) in [5, 5.41) is 6.24. The molecule has 1 amide bonds. The van der Waals surface area contributed by atoms with Gasteiger partial charge in [-0.1, -0.05) is 36.4 Å². The number of carbonyl (C=O) groups excluding carboxylic acids is 1. The van der Waals surface area contributed by atoms with Crippen LogP contribution >= 0.6 is 12.4 Å². The summed E-state index contributed by atoms with van der Waals surface area (Å²) >= 11 is 0. The lowest BCUT2D eigenvalue weighted by Crippen LogP contribution is -2.38. The fourth-order valence-corrected chi connectivity index (χ4v) is 4.54. The highest BCUT2D eigenvalue weighted by molar-refractivity contribution is 7.90. The molecule has 2 aromatic carbocycles. The number of piperidine rings is 1. The number of rotatable bonds is 6. The van der Waals surface area contributed by atoms with E-state index in [1.165, 1.54) is 6.07 Å². The first-order valence-electron chi connectivity index (χ1n) is 8.90. The highest BCUT2D eigenvalue weighted by atomic mass is 35.5. The van der Waals surface area contributed by atoms with Crippen molar-refractivity contribution in [3.63, 3.8) is 0 Å². The number of hydrogen-bond donors (Lipinski definition) is 2. The van der Waals surface area contributed by atoms with E-state index in [0.29, 0.717) is 18.0 Å². The van der Waals surface area contributed by atoms with E-state index >= 15 is 0 Å². The fourth-order valence-electron chi connectivity index (χ4n) is 3.15. The SMILES string of the molecule is Cl.O=C(NCC1CCCNC1)c1cccc(S(=O)(=O)Cc2ccccc2)c1. The Balaban J connectivity index is 0.00000261. The summed E-state index contributed by atoms with van der Waals surface area (Å²) in [6, 6.07) is 15.3. The minimum absolute atomic E-state index is 0. The maximum absolute atomic E-state index is 12.6. The van der Waals surface area contributed by atoms with E-state index in [-0.39, 0.29) is 29.0 Å². The summed E-state index contributed by atoms with van der Waals surface area (Å²) in [7, 11) is -3.49. The van der Waals surface area contributed by atoms with Gasteiger partial charge in [-0.25, -0.2) is 8.42 Å². The van der Waals surface area contributed by atoms with Crippen LogP contribution in [0.5, 0.6) is 0 Å². The smallest absolute Gasteiger partial charge is 0.251 e. The third-order valence-electron chi connectivity index (χ3n) is 4.61. The second-order valence-corrected chi connectivity index (χ2v) is 8.68. The molecule has 1 aliphatic rings. The molecule has 1 aliphatic heterocycles. The summed E-state index contributed by atoms with van der Waals surface area (Å²) in [5.74, 6) is 0.122. The minimum Gasteiger partial charge on any atom is -0.352 e. The molecular weight excluding hydrogens is 384 g/mol. The lowest BCUT2D eigenvalue weighted by molar-refractivity contribution is 0.0944. The first-order valence-corrected chi connectivity index (χ1v) is 10.6. The van der Waals surface area contributed by atoms with Crippen molar-refractivity contribution < 1.29 is 13.2 Å². The number of halogens is 1. The molecule has 2 N–H and O–H groups in total. The largest absolute Gasteiger partial charge is 0.352 e. The first-order chi connectivity index (χ1) is 12.5. The summed E-state index contributed by atoms with van der Waals surface area (Å²) in [5.41, 5.74) is 1.11. The summed E-state index contributed by atoms with van der Waals surface area (Å²) < 4.78 is 25.3. The zero-order chi connectivity index (χ0) is 18.4. The Morgan fingerprint density at radius 2 is 1.89 bits per heavy atom. The first kappa shape index (κ1) is 21.4. The zero-order valence-electron chi connectivity index (χ0n) is 15.1. The predicted molar refractivity (Wildman–Crippen MR) is 109 cm³/mol. The number of sulfone groups is 1. The van der Waals surface area contributed by atoms with Crippen LogP contribution in [0.15, 0.2) is 59.5 Å². The van der Waals surface area contributed by atoms with Gasteiger partial charge in [-0.05, 0) is 55.6 Å². The number of benzene rings is 2. The Morgan fingerprint density at radius 1 is 1.11 bits per heavy atom. The van der Waals surface area contributed by atoms with Crippen LogP contribution in [0.3, 0.4) is 0 Å². The zero-order valence-corrected chi connectivity index (χ0v) is 16.7. The van der Waals surface area contributed by atoms with E-state index in [0.717, 1.165) is 31.5 Å². The van der Waals surface area contributed by atoms with E-state index in [2.05, 4.69) is 10.6 Å². The van der Waals surface area contributed by atoms with Crippen LogP contribution < -0.4 is 10.6 Å². The van der Waals surface area contributed by atoms with Crippen LogP contribution in [-0.2, 0) is 15.6 Å². The second-order valence-electron chi connectivity index (χ2n) is 6.69. The summed E-state index contributed by atoms with van der Waals surface area (Å²) in [6.07, 6.45) is 2.21. The number of nitrogens with one attached hydrogen (secondary N) is 2. The third-order valence-corrected chi connectivity index (χ3v) is 6.29. The maximum Gasteiger partial charge on any atom is 0.251 e. The maximum atomic E-state index is 12.6. The highest BCUT2D eigenvalue weighted by Gasteiger charge is 2.18. The standard InChI is InChI=1S/C20H24N2O3S.ClH/c23-20(22-14-17-8-5-11-21-13-17)18-9-4-10-19(12-18)26(24,25)15-16-6-2-1-3-7-16;/h1-4,6-7,9-10,12,17,21H,5,8,11,13-15H2,(H,22,23);1H. The molecule has 5 nitrogen and oxygen atoms in total. The Labute approximate surface area is 166 Å². The highest BCUT2D eigenvalue weighted by Crippen LogP contribution is 2.18. The fraction of sp³-hybridized carbons (Fsp3) is 0.350. The van der Waals surface area contributed by atoms with Crippen molar-refractivity contribution in [1.82, 2.24) is 10.6 Å². The van der Waals surface area contributed by atoms with E-state index in [9.17, 15) is 13.2 Å². The van der Waals surface area contributed by atoms with Crippen molar-refractivity contribution in [2.75, 3.05) is 19.6 Å². The monoisotopic (exact) mass is 408 g/mol. The molecule has 0 bridgehead atoms. The van der Waals surface area contributed by atoms with Crippen molar-refractivity contribution in [1.29, 1.82) is 0 Å². The van der Waals surface area contributed by atoms with E-state index < -0.39 is 9.84 Å². The van der Waals surface area contributed by atoms with Gasteiger partial charge >= 0.3 is 0 Å². The molecule has 146 valence electrons. The van der Waals surface area contributed by atoms with Crippen molar-refractivity contribution >= 4 is 28.2 Å². The quantitative estimate of drug-likeness (QED) is 0.770. The van der Waals surface area contributed by atoms with Crippen molar-refractivity contribution in [2.24, 2.45) is 5.92 Å². The molecule has 1 fully saturated rings. The number of hydrogen-bond acceptors (Lipinski definition) is 4. The molecule has 0 spiro atoms. The van der Waals surface area contributed by atoms with Crippen molar-refractivity contribution in [2.45, 2.75) is 23.5 Å². The molecule has 3 rings (SSSR count). The lowest BCUT2D eigenvalue weighted by atomic mass is 10.00. The summed E-state index contributed by atoms with van der Waals surface area (Å²) in [6.45, 7) is 2.55. The topological polar surface area (TPSA) is 75.3 Å². The molecule has 2 aromatic rings.